The Labute approximate surface area is 134 Å². The third-order valence-corrected chi connectivity index (χ3v) is 4.67. The van der Waals surface area contributed by atoms with Crippen molar-refractivity contribution >= 4 is 22.7 Å². The number of hydrogen-bond donors (Lipinski definition) is 0. The van der Waals surface area contributed by atoms with Gasteiger partial charge in [-0.2, -0.15) is 0 Å². The van der Waals surface area contributed by atoms with Gasteiger partial charge in [0.1, 0.15) is 0 Å². The fourth-order valence-corrected chi connectivity index (χ4v) is 3.43. The largest absolute Gasteiger partial charge is 0.288 e. The van der Waals surface area contributed by atoms with Crippen molar-refractivity contribution in [2.45, 2.75) is 6.92 Å². The van der Waals surface area contributed by atoms with Gasteiger partial charge in [-0.3, -0.25) is 4.79 Å². The molecule has 0 amide bonds. The molecule has 0 N–H and O–H groups in total. The second kappa shape index (κ2) is 6.12. The molecular formula is C20H16OS. The molecule has 0 spiro atoms. The van der Waals surface area contributed by atoms with Gasteiger partial charge >= 0.3 is 0 Å². The van der Waals surface area contributed by atoms with E-state index in [0.29, 0.717) is 5.57 Å². The summed E-state index contributed by atoms with van der Waals surface area (Å²) in [4.78, 5) is 14.5. The van der Waals surface area contributed by atoms with Gasteiger partial charge in [-0.1, -0.05) is 67.2 Å². The van der Waals surface area contributed by atoms with E-state index in [-0.39, 0.29) is 5.78 Å². The number of benzene rings is 2. The van der Waals surface area contributed by atoms with Crippen LogP contribution in [-0.4, -0.2) is 5.78 Å². The Hall–Kier alpha value is -2.45. The number of ketones is 1. The first-order chi connectivity index (χ1) is 10.7. The summed E-state index contributed by atoms with van der Waals surface area (Å²) in [5, 5.41) is 0. The average Bonchev–Trinajstić information content (AvgIpc) is 2.97. The lowest BCUT2D eigenvalue weighted by Crippen LogP contribution is -1.98. The van der Waals surface area contributed by atoms with E-state index in [0.717, 1.165) is 26.4 Å². The van der Waals surface area contributed by atoms with Gasteiger partial charge < -0.3 is 0 Å². The van der Waals surface area contributed by atoms with Crippen LogP contribution in [0, 0.1) is 6.92 Å². The van der Waals surface area contributed by atoms with Crippen molar-refractivity contribution in [2.24, 2.45) is 0 Å². The molecule has 1 aromatic heterocycles. The molecule has 22 heavy (non-hydrogen) atoms. The molecule has 0 unspecified atom stereocenters. The third kappa shape index (κ3) is 2.78. The topological polar surface area (TPSA) is 17.1 Å². The highest BCUT2D eigenvalue weighted by Crippen LogP contribution is 2.33. The predicted octanol–water partition coefficient (Wildman–Crippen LogP) is 5.62. The smallest absolute Gasteiger partial charge is 0.202 e. The van der Waals surface area contributed by atoms with E-state index in [2.05, 4.69) is 25.6 Å². The van der Waals surface area contributed by atoms with E-state index in [1.54, 1.807) is 0 Å². The van der Waals surface area contributed by atoms with E-state index < -0.39 is 0 Å². The molecule has 2 heteroatoms. The molecule has 0 aliphatic rings. The summed E-state index contributed by atoms with van der Waals surface area (Å²) in [7, 11) is 0. The van der Waals surface area contributed by atoms with Crippen LogP contribution in [-0.2, 0) is 0 Å². The van der Waals surface area contributed by atoms with Crippen LogP contribution in [0.25, 0.3) is 16.7 Å². The normalized spacial score (nSPS) is 10.4. The van der Waals surface area contributed by atoms with E-state index in [1.165, 1.54) is 11.3 Å². The first kappa shape index (κ1) is 14.5. The number of rotatable bonds is 4. The number of carbonyl (C=O) groups excluding carboxylic acids is 1. The van der Waals surface area contributed by atoms with Gasteiger partial charge in [-0.05, 0) is 29.7 Å². The van der Waals surface area contributed by atoms with Crippen molar-refractivity contribution in [3.05, 3.63) is 88.6 Å². The zero-order valence-corrected chi connectivity index (χ0v) is 13.2. The molecule has 3 rings (SSSR count). The van der Waals surface area contributed by atoms with Crippen molar-refractivity contribution < 1.29 is 4.79 Å². The summed E-state index contributed by atoms with van der Waals surface area (Å²) in [6, 6.07) is 21.7. The minimum Gasteiger partial charge on any atom is -0.288 e. The SMILES string of the molecule is C=C(C(=O)c1cc(-c2ccccc2)c(C)s1)c1ccccc1. The van der Waals surface area contributed by atoms with Crippen LogP contribution in [0.3, 0.4) is 0 Å². The molecule has 3 aromatic rings. The van der Waals surface area contributed by atoms with E-state index in [9.17, 15) is 4.79 Å². The first-order valence-corrected chi connectivity index (χ1v) is 7.93. The molecule has 2 aromatic carbocycles. The Morgan fingerprint density at radius 3 is 2.18 bits per heavy atom. The molecule has 0 fully saturated rings. The van der Waals surface area contributed by atoms with Crippen LogP contribution in [0.2, 0.25) is 0 Å². The number of carbonyl (C=O) groups is 1. The van der Waals surface area contributed by atoms with Crippen LogP contribution < -0.4 is 0 Å². The van der Waals surface area contributed by atoms with Crippen LogP contribution in [0.1, 0.15) is 20.1 Å². The van der Waals surface area contributed by atoms with Crippen LogP contribution in [0.15, 0.2) is 73.3 Å². The van der Waals surface area contributed by atoms with E-state index >= 15 is 0 Å². The van der Waals surface area contributed by atoms with Crippen LogP contribution >= 0.6 is 11.3 Å². The van der Waals surface area contributed by atoms with Crippen molar-refractivity contribution in [1.29, 1.82) is 0 Å². The maximum atomic E-state index is 12.7. The predicted molar refractivity (Wildman–Crippen MR) is 94.3 cm³/mol. The molecule has 0 bridgehead atoms. The lowest BCUT2D eigenvalue weighted by Gasteiger charge is -2.02. The first-order valence-electron chi connectivity index (χ1n) is 7.11. The van der Waals surface area contributed by atoms with Gasteiger partial charge in [0.25, 0.3) is 0 Å². The van der Waals surface area contributed by atoms with Crippen LogP contribution in [0.4, 0.5) is 0 Å². The number of Topliss-reactive ketones (excluding diaryl/α,β-unsaturated/α-hetero) is 1. The van der Waals surface area contributed by atoms with Crippen molar-refractivity contribution in [1.82, 2.24) is 0 Å². The van der Waals surface area contributed by atoms with Gasteiger partial charge in [0.15, 0.2) is 0 Å². The molecule has 108 valence electrons. The fourth-order valence-electron chi connectivity index (χ4n) is 2.42. The van der Waals surface area contributed by atoms with Gasteiger partial charge in [0.2, 0.25) is 5.78 Å². The average molecular weight is 304 g/mol. The molecular weight excluding hydrogens is 288 g/mol. The maximum Gasteiger partial charge on any atom is 0.202 e. The molecule has 1 heterocycles. The lowest BCUT2D eigenvalue weighted by molar-refractivity contribution is 0.106. The number of allylic oxidation sites excluding steroid dienone is 1. The molecule has 0 radical (unpaired) electrons. The summed E-state index contributed by atoms with van der Waals surface area (Å²) in [5.41, 5.74) is 3.68. The maximum absolute atomic E-state index is 12.7. The van der Waals surface area contributed by atoms with Crippen molar-refractivity contribution in [2.75, 3.05) is 0 Å². The monoisotopic (exact) mass is 304 g/mol. The Balaban J connectivity index is 1.93. The minimum absolute atomic E-state index is 0.00137. The van der Waals surface area contributed by atoms with Crippen molar-refractivity contribution in [3.8, 4) is 11.1 Å². The Morgan fingerprint density at radius 2 is 1.55 bits per heavy atom. The quantitative estimate of drug-likeness (QED) is 0.451. The van der Waals surface area contributed by atoms with Gasteiger partial charge in [0, 0.05) is 10.5 Å². The zero-order valence-electron chi connectivity index (χ0n) is 12.4. The highest BCUT2D eigenvalue weighted by molar-refractivity contribution is 7.15. The Kier molecular flexibility index (Phi) is 4.03. The van der Waals surface area contributed by atoms with Gasteiger partial charge in [0.05, 0.1) is 4.88 Å². The number of hydrogen-bond acceptors (Lipinski definition) is 2. The summed E-state index contributed by atoms with van der Waals surface area (Å²) in [6.07, 6.45) is 0. The Bertz CT molecular complexity index is 813. The molecule has 0 atom stereocenters. The highest BCUT2D eigenvalue weighted by Gasteiger charge is 2.17. The second-order valence-corrected chi connectivity index (χ2v) is 6.38. The van der Waals surface area contributed by atoms with Gasteiger partial charge in [-0.25, -0.2) is 0 Å². The molecule has 1 nitrogen and oxygen atoms in total. The van der Waals surface area contributed by atoms with Crippen LogP contribution in [0.5, 0.6) is 0 Å². The molecule has 0 saturated heterocycles. The van der Waals surface area contributed by atoms with E-state index in [1.807, 2.05) is 54.6 Å². The third-order valence-electron chi connectivity index (χ3n) is 3.62. The fraction of sp³-hybridized carbons (Fsp3) is 0.0500. The summed E-state index contributed by atoms with van der Waals surface area (Å²) < 4.78 is 0. The standard InChI is InChI=1S/C20H16OS/c1-14(16-9-5-3-6-10-16)20(21)19-13-18(15(2)22-19)17-11-7-4-8-12-17/h3-13H,1H2,2H3. The summed E-state index contributed by atoms with van der Waals surface area (Å²) in [6.45, 7) is 6.02. The lowest BCUT2D eigenvalue weighted by atomic mass is 10.0. The number of thiophene rings is 1. The highest BCUT2D eigenvalue weighted by atomic mass is 32.1. The Morgan fingerprint density at radius 1 is 0.955 bits per heavy atom. The molecule has 0 aliphatic carbocycles. The van der Waals surface area contributed by atoms with Crippen molar-refractivity contribution in [3.63, 3.8) is 0 Å². The van der Waals surface area contributed by atoms with E-state index in [4.69, 9.17) is 0 Å². The minimum atomic E-state index is 0.00137. The second-order valence-electron chi connectivity index (χ2n) is 5.12. The summed E-state index contributed by atoms with van der Waals surface area (Å²) in [5.74, 6) is 0.00137. The van der Waals surface area contributed by atoms with Gasteiger partial charge in [-0.15, -0.1) is 11.3 Å². The molecule has 0 aliphatic heterocycles. The summed E-state index contributed by atoms with van der Waals surface area (Å²) >= 11 is 1.53. The zero-order chi connectivity index (χ0) is 15.5. The number of aryl methyl sites for hydroxylation is 1. The molecule has 0 saturated carbocycles.